The van der Waals surface area contributed by atoms with Crippen LogP contribution in [0.2, 0.25) is 0 Å². The van der Waals surface area contributed by atoms with Gasteiger partial charge in [-0.15, -0.1) is 0 Å². The van der Waals surface area contributed by atoms with E-state index in [9.17, 15) is 4.79 Å². The number of amides is 1. The smallest absolute Gasteiger partial charge is 0.235 e. The number of anilines is 2. The number of nitrogens with two attached hydrogens (primary N) is 1. The lowest BCUT2D eigenvalue weighted by atomic mass is 9.93. The zero-order valence-corrected chi connectivity index (χ0v) is 17.8. The number of fused-ring (bicyclic) bond motifs is 1. The van der Waals surface area contributed by atoms with Crippen LogP contribution in [0.15, 0.2) is 54.6 Å². The summed E-state index contributed by atoms with van der Waals surface area (Å²) in [6, 6.07) is 18.0. The Kier molecular flexibility index (Phi) is 4.62. The van der Waals surface area contributed by atoms with E-state index in [1.807, 2.05) is 43.3 Å². The van der Waals surface area contributed by atoms with Crippen molar-refractivity contribution in [2.75, 3.05) is 17.8 Å². The van der Waals surface area contributed by atoms with Crippen LogP contribution in [-0.2, 0) is 16.6 Å². The highest BCUT2D eigenvalue weighted by Crippen LogP contribution is 2.51. The summed E-state index contributed by atoms with van der Waals surface area (Å²) in [6.07, 6.45) is 2.55. The van der Waals surface area contributed by atoms with Gasteiger partial charge in [0.25, 0.3) is 0 Å². The van der Waals surface area contributed by atoms with E-state index in [0.29, 0.717) is 5.75 Å². The minimum Gasteiger partial charge on any atom is -0.454 e. The number of hydrogen-bond acceptors (Lipinski definition) is 4. The molecule has 3 N–H and O–H groups in total. The van der Waals surface area contributed by atoms with Gasteiger partial charge in [0.05, 0.1) is 5.41 Å². The number of ether oxygens (including phenoxy) is 2. The number of benzene rings is 3. The molecular weight excluding hydrogens is 388 g/mol. The first kappa shape index (κ1) is 19.5. The Hall–Kier alpha value is -3.47. The third-order valence-electron chi connectivity index (χ3n) is 6.45. The summed E-state index contributed by atoms with van der Waals surface area (Å²) in [5.74, 6) is 1.46. The summed E-state index contributed by atoms with van der Waals surface area (Å²) in [5, 5.41) is 3.16. The Morgan fingerprint density at radius 1 is 1.03 bits per heavy atom. The average molecular weight is 415 g/mol. The maximum absolute atomic E-state index is 13.3. The molecule has 1 aliphatic heterocycles. The number of nitrogens with one attached hydrogen (secondary N) is 1. The molecule has 0 bridgehead atoms. The molecule has 31 heavy (non-hydrogen) atoms. The molecule has 0 atom stereocenters. The first-order valence-electron chi connectivity index (χ1n) is 10.7. The van der Waals surface area contributed by atoms with Crippen LogP contribution in [0.5, 0.6) is 11.5 Å². The maximum atomic E-state index is 13.3. The van der Waals surface area contributed by atoms with Crippen molar-refractivity contribution in [1.29, 1.82) is 0 Å². The predicted octanol–water partition coefficient (Wildman–Crippen LogP) is 5.21. The van der Waals surface area contributed by atoms with Crippen LogP contribution in [0.4, 0.5) is 11.4 Å². The number of rotatable bonds is 5. The lowest BCUT2D eigenvalue weighted by molar-refractivity contribution is -0.118. The van der Waals surface area contributed by atoms with Gasteiger partial charge in [-0.3, -0.25) is 4.79 Å². The number of aryl methyl sites for hydroxylation is 2. The third-order valence-corrected chi connectivity index (χ3v) is 6.45. The molecule has 1 aliphatic carbocycles. The van der Waals surface area contributed by atoms with Gasteiger partial charge in [-0.25, -0.2) is 0 Å². The fourth-order valence-corrected chi connectivity index (χ4v) is 4.26. The Balaban J connectivity index is 1.43. The fraction of sp³-hybridized carbons (Fsp3) is 0.269. The van der Waals surface area contributed by atoms with Crippen LogP contribution >= 0.6 is 0 Å². The number of nitrogen functional groups attached to an aromatic ring is 1. The molecule has 0 saturated heterocycles. The summed E-state index contributed by atoms with van der Waals surface area (Å²) < 4.78 is 10.9. The highest BCUT2D eigenvalue weighted by atomic mass is 16.7. The molecule has 5 rings (SSSR count). The van der Waals surface area contributed by atoms with Crippen LogP contribution < -0.4 is 20.5 Å². The number of carbonyl (C=O) groups is 1. The van der Waals surface area contributed by atoms with E-state index in [2.05, 4.69) is 30.4 Å². The van der Waals surface area contributed by atoms with Crippen molar-refractivity contribution in [1.82, 2.24) is 0 Å². The minimum absolute atomic E-state index is 0.0185. The van der Waals surface area contributed by atoms with Gasteiger partial charge >= 0.3 is 0 Å². The van der Waals surface area contributed by atoms with Crippen LogP contribution in [-0.4, -0.2) is 12.7 Å². The molecule has 158 valence electrons. The van der Waals surface area contributed by atoms with Crippen LogP contribution in [0.25, 0.3) is 11.1 Å². The van der Waals surface area contributed by atoms with Crippen molar-refractivity contribution in [3.8, 4) is 22.6 Å². The van der Waals surface area contributed by atoms with Crippen molar-refractivity contribution >= 4 is 17.3 Å². The highest BCUT2D eigenvalue weighted by molar-refractivity contribution is 6.02. The van der Waals surface area contributed by atoms with Crippen LogP contribution in [0, 0.1) is 6.92 Å². The summed E-state index contributed by atoms with van der Waals surface area (Å²) in [7, 11) is 0. The Morgan fingerprint density at radius 2 is 1.84 bits per heavy atom. The molecule has 5 heteroatoms. The molecular formula is C26H26N2O3. The van der Waals surface area contributed by atoms with Crippen LogP contribution in [0.3, 0.4) is 0 Å². The number of hydrogen-bond donors (Lipinski definition) is 2. The second-order valence-electron chi connectivity index (χ2n) is 8.40. The van der Waals surface area contributed by atoms with Crippen molar-refractivity contribution < 1.29 is 14.3 Å². The lowest BCUT2D eigenvalue weighted by Gasteiger charge is -2.18. The third kappa shape index (κ3) is 3.40. The maximum Gasteiger partial charge on any atom is 0.235 e. The van der Waals surface area contributed by atoms with E-state index >= 15 is 0 Å². The molecule has 1 amide bonds. The van der Waals surface area contributed by atoms with Gasteiger partial charge in [0, 0.05) is 11.4 Å². The van der Waals surface area contributed by atoms with E-state index in [-0.39, 0.29) is 12.7 Å². The van der Waals surface area contributed by atoms with Gasteiger partial charge in [-0.05, 0) is 84.3 Å². The second-order valence-corrected chi connectivity index (χ2v) is 8.40. The molecule has 2 aliphatic rings. The van der Waals surface area contributed by atoms with Crippen LogP contribution in [0.1, 0.15) is 36.5 Å². The molecule has 3 aromatic carbocycles. The fourth-order valence-electron chi connectivity index (χ4n) is 4.26. The first-order chi connectivity index (χ1) is 15.0. The zero-order valence-electron chi connectivity index (χ0n) is 17.8. The average Bonchev–Trinajstić information content (AvgIpc) is 3.46. The Bertz CT molecular complexity index is 1180. The molecule has 1 saturated carbocycles. The normalized spacial score (nSPS) is 15.5. The van der Waals surface area contributed by atoms with Gasteiger partial charge in [0.1, 0.15) is 0 Å². The lowest BCUT2D eigenvalue weighted by Crippen LogP contribution is -2.27. The van der Waals surface area contributed by atoms with Crippen molar-refractivity contribution in [2.24, 2.45) is 0 Å². The summed E-state index contributed by atoms with van der Waals surface area (Å²) in [6.45, 7) is 4.36. The summed E-state index contributed by atoms with van der Waals surface area (Å²) >= 11 is 0. The van der Waals surface area contributed by atoms with E-state index in [4.69, 9.17) is 15.2 Å². The van der Waals surface area contributed by atoms with Crippen molar-refractivity contribution in [3.63, 3.8) is 0 Å². The standard InChI is InChI=1S/C26H26N2O3/c1-3-17-6-8-20(14-21(17)18-5-4-16(2)22(27)12-18)28-25(29)26(10-11-26)19-7-9-23-24(13-19)31-15-30-23/h4-9,12-14H,3,10-11,15,27H2,1-2H3,(H,28,29). The molecule has 1 fully saturated rings. The van der Waals surface area contributed by atoms with Gasteiger partial charge in [-0.2, -0.15) is 0 Å². The van der Waals surface area contributed by atoms with E-state index in [0.717, 1.165) is 58.6 Å². The van der Waals surface area contributed by atoms with Gasteiger partial charge < -0.3 is 20.5 Å². The molecule has 0 aromatic heterocycles. The largest absolute Gasteiger partial charge is 0.454 e. The van der Waals surface area contributed by atoms with Crippen molar-refractivity contribution in [3.05, 3.63) is 71.3 Å². The van der Waals surface area contributed by atoms with Crippen molar-refractivity contribution in [2.45, 2.75) is 38.5 Å². The monoisotopic (exact) mass is 414 g/mol. The topological polar surface area (TPSA) is 73.6 Å². The van der Waals surface area contributed by atoms with E-state index in [1.165, 1.54) is 5.56 Å². The number of carbonyl (C=O) groups excluding carboxylic acids is 1. The quantitative estimate of drug-likeness (QED) is 0.563. The van der Waals surface area contributed by atoms with E-state index < -0.39 is 5.41 Å². The Morgan fingerprint density at radius 3 is 2.58 bits per heavy atom. The van der Waals surface area contributed by atoms with Gasteiger partial charge in [-0.1, -0.05) is 31.2 Å². The highest BCUT2D eigenvalue weighted by Gasteiger charge is 2.51. The molecule has 3 aromatic rings. The molecule has 1 heterocycles. The molecule has 0 unspecified atom stereocenters. The first-order valence-corrected chi connectivity index (χ1v) is 10.7. The van der Waals surface area contributed by atoms with Gasteiger partial charge in [0.2, 0.25) is 12.7 Å². The minimum atomic E-state index is -0.501. The van der Waals surface area contributed by atoms with E-state index in [1.54, 1.807) is 0 Å². The zero-order chi connectivity index (χ0) is 21.6. The predicted molar refractivity (Wildman–Crippen MR) is 123 cm³/mol. The molecule has 5 nitrogen and oxygen atoms in total. The second kappa shape index (κ2) is 7.34. The summed E-state index contributed by atoms with van der Waals surface area (Å²) in [4.78, 5) is 13.3. The Labute approximate surface area is 182 Å². The summed E-state index contributed by atoms with van der Waals surface area (Å²) in [5.41, 5.74) is 12.6. The SMILES string of the molecule is CCc1ccc(NC(=O)C2(c3ccc4c(c3)OCO4)CC2)cc1-c1ccc(C)c(N)c1. The molecule has 0 radical (unpaired) electrons. The molecule has 0 spiro atoms. The van der Waals surface area contributed by atoms with Gasteiger partial charge in [0.15, 0.2) is 11.5 Å².